The molecular formula is C19H22ClN3O4. The summed E-state index contributed by atoms with van der Waals surface area (Å²) in [5.41, 5.74) is 6.12. The first-order valence-corrected chi connectivity index (χ1v) is 9.55. The summed E-state index contributed by atoms with van der Waals surface area (Å²) >= 11 is 6.73. The number of phenolic OH excluding ortho intramolecular Hbond substituents is 1. The molecule has 0 bridgehead atoms. The van der Waals surface area contributed by atoms with Crippen molar-refractivity contribution in [2.45, 2.75) is 50.7 Å². The molecule has 0 amide bonds. The molecule has 2 atom stereocenters. The Morgan fingerprint density at radius 1 is 1.37 bits per heavy atom. The number of benzene rings is 1. The molecule has 2 heterocycles. The van der Waals surface area contributed by atoms with Crippen molar-refractivity contribution in [3.63, 3.8) is 0 Å². The van der Waals surface area contributed by atoms with Gasteiger partial charge in [-0.05, 0) is 38.7 Å². The van der Waals surface area contributed by atoms with E-state index in [0.717, 1.165) is 25.7 Å². The summed E-state index contributed by atoms with van der Waals surface area (Å²) in [5, 5.41) is 20.5. The maximum Gasteiger partial charge on any atom is 0.341 e. The Morgan fingerprint density at radius 2 is 2.07 bits per heavy atom. The quantitative estimate of drug-likeness (QED) is 0.739. The van der Waals surface area contributed by atoms with Crippen molar-refractivity contribution in [3.05, 3.63) is 33.1 Å². The van der Waals surface area contributed by atoms with Crippen LogP contribution in [0, 0.1) is 0 Å². The number of carboxylic acids is 1. The standard InChI is InChI=1S/C19H22ClN3O4/c1-9(21)13-3-2-6-22(13)17-14(24)7-11-16(15(17)20)23(10-4-5-10)8-12(18(11)25)19(26)27/h7-10,13,24H,2-6,21H2,1H3,(H,26,27). The molecule has 4 N–H and O–H groups in total. The van der Waals surface area contributed by atoms with Gasteiger partial charge in [0.2, 0.25) is 5.43 Å². The summed E-state index contributed by atoms with van der Waals surface area (Å²) in [6, 6.07) is 1.41. The minimum atomic E-state index is -1.28. The molecule has 2 aromatic rings. The van der Waals surface area contributed by atoms with E-state index in [0.29, 0.717) is 17.7 Å². The van der Waals surface area contributed by atoms with Gasteiger partial charge < -0.3 is 25.4 Å². The zero-order chi connectivity index (χ0) is 19.5. The van der Waals surface area contributed by atoms with Crippen LogP contribution in [0.4, 0.5) is 5.69 Å². The van der Waals surface area contributed by atoms with Crippen LogP contribution in [0.1, 0.15) is 49.0 Å². The van der Waals surface area contributed by atoms with Gasteiger partial charge in [0.25, 0.3) is 0 Å². The average molecular weight is 392 g/mol. The molecule has 2 unspecified atom stereocenters. The lowest BCUT2D eigenvalue weighted by Gasteiger charge is -2.31. The van der Waals surface area contributed by atoms with E-state index in [2.05, 4.69) is 0 Å². The smallest absolute Gasteiger partial charge is 0.341 e. The number of pyridine rings is 1. The Balaban J connectivity index is 2.01. The van der Waals surface area contributed by atoms with Crippen molar-refractivity contribution in [1.29, 1.82) is 0 Å². The van der Waals surface area contributed by atoms with Crippen LogP contribution in [-0.4, -0.2) is 39.4 Å². The fourth-order valence-corrected chi connectivity index (χ4v) is 4.54. The number of aromatic hydroxyl groups is 1. The van der Waals surface area contributed by atoms with Crippen LogP contribution in [-0.2, 0) is 0 Å². The number of nitrogens with two attached hydrogens (primary N) is 1. The second-order valence-electron chi connectivity index (χ2n) is 7.53. The van der Waals surface area contributed by atoms with E-state index in [-0.39, 0.29) is 39.8 Å². The maximum absolute atomic E-state index is 12.7. The van der Waals surface area contributed by atoms with Gasteiger partial charge in [-0.25, -0.2) is 4.79 Å². The van der Waals surface area contributed by atoms with Crippen molar-refractivity contribution < 1.29 is 15.0 Å². The summed E-state index contributed by atoms with van der Waals surface area (Å²) in [6.45, 7) is 2.64. The molecule has 2 aliphatic rings. The molecule has 1 saturated heterocycles. The average Bonchev–Trinajstić information content (AvgIpc) is 3.32. The van der Waals surface area contributed by atoms with Crippen LogP contribution in [0.15, 0.2) is 17.1 Å². The van der Waals surface area contributed by atoms with Gasteiger partial charge in [-0.1, -0.05) is 11.6 Å². The van der Waals surface area contributed by atoms with E-state index in [4.69, 9.17) is 17.3 Å². The van der Waals surface area contributed by atoms with Gasteiger partial charge in [-0.3, -0.25) is 4.79 Å². The molecular weight excluding hydrogens is 370 g/mol. The van der Waals surface area contributed by atoms with Gasteiger partial charge in [0.05, 0.1) is 15.9 Å². The van der Waals surface area contributed by atoms with Crippen LogP contribution in [0.2, 0.25) is 5.02 Å². The van der Waals surface area contributed by atoms with Crippen molar-refractivity contribution in [3.8, 4) is 5.75 Å². The van der Waals surface area contributed by atoms with Crippen molar-refractivity contribution >= 4 is 34.2 Å². The number of anilines is 1. The lowest BCUT2D eigenvalue weighted by molar-refractivity contribution is 0.0695. The van der Waals surface area contributed by atoms with Crippen molar-refractivity contribution in [1.82, 2.24) is 4.57 Å². The van der Waals surface area contributed by atoms with Gasteiger partial charge in [-0.15, -0.1) is 0 Å². The molecule has 1 aromatic carbocycles. The molecule has 8 heteroatoms. The fraction of sp³-hybridized carbons (Fsp3) is 0.474. The third kappa shape index (κ3) is 2.85. The SMILES string of the molecule is CC(N)C1CCCN1c1c(O)cc2c(=O)c(C(=O)O)cn(C3CC3)c2c1Cl. The number of rotatable bonds is 4. The number of fused-ring (bicyclic) bond motifs is 1. The van der Waals surface area contributed by atoms with Gasteiger partial charge in [0.1, 0.15) is 17.0 Å². The summed E-state index contributed by atoms with van der Waals surface area (Å²) < 4.78 is 1.78. The Bertz CT molecular complexity index is 997. The van der Waals surface area contributed by atoms with Crippen LogP contribution < -0.4 is 16.1 Å². The number of hydrogen-bond donors (Lipinski definition) is 3. The number of carboxylic acid groups (broad SMARTS) is 1. The Kier molecular flexibility index (Phi) is 4.31. The zero-order valence-electron chi connectivity index (χ0n) is 15.0. The molecule has 4 rings (SSSR count). The van der Waals surface area contributed by atoms with Crippen molar-refractivity contribution in [2.75, 3.05) is 11.4 Å². The Labute approximate surface area is 160 Å². The molecule has 144 valence electrons. The Hall–Kier alpha value is -2.25. The predicted molar refractivity (Wildman–Crippen MR) is 104 cm³/mol. The van der Waals surface area contributed by atoms with Gasteiger partial charge in [-0.2, -0.15) is 0 Å². The highest BCUT2D eigenvalue weighted by atomic mass is 35.5. The minimum Gasteiger partial charge on any atom is -0.506 e. The highest BCUT2D eigenvalue weighted by molar-refractivity contribution is 6.38. The first-order valence-electron chi connectivity index (χ1n) is 9.17. The van der Waals surface area contributed by atoms with Gasteiger partial charge in [0, 0.05) is 30.9 Å². The number of nitrogens with zero attached hydrogens (tertiary/aromatic N) is 2. The number of aromatic carboxylic acids is 1. The minimum absolute atomic E-state index is 0.0465. The van der Waals surface area contributed by atoms with E-state index in [9.17, 15) is 19.8 Å². The summed E-state index contributed by atoms with van der Waals surface area (Å²) in [7, 11) is 0. The molecule has 7 nitrogen and oxygen atoms in total. The molecule has 0 radical (unpaired) electrons. The summed E-state index contributed by atoms with van der Waals surface area (Å²) in [4.78, 5) is 26.2. The second-order valence-corrected chi connectivity index (χ2v) is 7.91. The molecule has 1 aliphatic heterocycles. The van der Waals surface area contributed by atoms with E-state index in [1.165, 1.54) is 12.3 Å². The number of halogens is 1. The van der Waals surface area contributed by atoms with Crippen molar-refractivity contribution in [2.24, 2.45) is 5.73 Å². The molecule has 27 heavy (non-hydrogen) atoms. The second kappa shape index (κ2) is 6.42. The molecule has 1 saturated carbocycles. The largest absolute Gasteiger partial charge is 0.506 e. The summed E-state index contributed by atoms with van der Waals surface area (Å²) in [6.07, 6.45) is 5.02. The lowest BCUT2D eigenvalue weighted by Crippen LogP contribution is -2.42. The molecule has 2 fully saturated rings. The van der Waals surface area contributed by atoms with Crippen LogP contribution in [0.25, 0.3) is 10.9 Å². The highest BCUT2D eigenvalue weighted by Crippen LogP contribution is 2.46. The van der Waals surface area contributed by atoms with Crippen LogP contribution in [0.5, 0.6) is 5.75 Å². The van der Waals surface area contributed by atoms with E-state index < -0.39 is 11.4 Å². The topological polar surface area (TPSA) is 109 Å². The summed E-state index contributed by atoms with van der Waals surface area (Å²) in [5.74, 6) is -1.41. The van der Waals surface area contributed by atoms with E-state index in [1.54, 1.807) is 4.57 Å². The normalized spacial score (nSPS) is 21.0. The highest BCUT2D eigenvalue weighted by Gasteiger charge is 2.34. The number of hydrogen-bond acceptors (Lipinski definition) is 5. The fourth-order valence-electron chi connectivity index (χ4n) is 4.13. The third-order valence-corrected chi connectivity index (χ3v) is 5.93. The van der Waals surface area contributed by atoms with Gasteiger partial charge >= 0.3 is 5.97 Å². The van der Waals surface area contributed by atoms with Crippen LogP contribution >= 0.6 is 11.6 Å². The molecule has 0 spiro atoms. The first kappa shape index (κ1) is 18.1. The molecule has 1 aromatic heterocycles. The van der Waals surface area contributed by atoms with Gasteiger partial charge in [0.15, 0.2) is 0 Å². The van der Waals surface area contributed by atoms with E-state index in [1.807, 2.05) is 11.8 Å². The first-order chi connectivity index (χ1) is 12.8. The number of aromatic nitrogens is 1. The monoisotopic (exact) mass is 391 g/mol. The lowest BCUT2D eigenvalue weighted by atomic mass is 10.1. The molecule has 1 aliphatic carbocycles. The van der Waals surface area contributed by atoms with E-state index >= 15 is 0 Å². The predicted octanol–water partition coefficient (Wildman–Crippen LogP) is 2.71. The third-order valence-electron chi connectivity index (χ3n) is 5.57. The van der Waals surface area contributed by atoms with Crippen LogP contribution in [0.3, 0.4) is 0 Å². The number of phenols is 1. The zero-order valence-corrected chi connectivity index (χ0v) is 15.7. The number of carbonyl (C=O) groups is 1. The maximum atomic E-state index is 12.7. The Morgan fingerprint density at radius 3 is 2.67 bits per heavy atom.